The molecule has 0 saturated heterocycles. The fourth-order valence-corrected chi connectivity index (χ4v) is 2.36. The van der Waals surface area contributed by atoms with Gasteiger partial charge in [-0.3, -0.25) is 4.79 Å². The molecule has 20 heavy (non-hydrogen) atoms. The van der Waals surface area contributed by atoms with Gasteiger partial charge in [0.1, 0.15) is 0 Å². The van der Waals surface area contributed by atoms with Gasteiger partial charge >= 0.3 is 0 Å². The van der Waals surface area contributed by atoms with Gasteiger partial charge in [-0.1, -0.05) is 17.7 Å². The SMILES string of the molecule is Cc1cc[n+](CC(=O)Nc2c(C)cc(C)cc2C)cc1. The zero-order valence-electron chi connectivity index (χ0n) is 12.5. The van der Waals surface area contributed by atoms with E-state index in [4.69, 9.17) is 0 Å². The summed E-state index contributed by atoms with van der Waals surface area (Å²) in [5.41, 5.74) is 5.53. The molecular weight excluding hydrogens is 248 g/mol. The highest BCUT2D eigenvalue weighted by molar-refractivity contribution is 5.91. The number of pyridine rings is 1. The minimum absolute atomic E-state index is 0.00564. The van der Waals surface area contributed by atoms with Crippen molar-refractivity contribution in [1.82, 2.24) is 0 Å². The van der Waals surface area contributed by atoms with Gasteiger partial charge in [0.15, 0.2) is 12.4 Å². The van der Waals surface area contributed by atoms with E-state index in [0.717, 1.165) is 16.8 Å². The topological polar surface area (TPSA) is 33.0 Å². The number of nitrogens with zero attached hydrogens (tertiary/aromatic N) is 1. The summed E-state index contributed by atoms with van der Waals surface area (Å²) in [6.45, 7) is 8.47. The van der Waals surface area contributed by atoms with Crippen LogP contribution >= 0.6 is 0 Å². The van der Waals surface area contributed by atoms with Crippen LogP contribution in [0.3, 0.4) is 0 Å². The molecule has 1 N–H and O–H groups in total. The summed E-state index contributed by atoms with van der Waals surface area (Å²) in [4.78, 5) is 12.1. The lowest BCUT2D eigenvalue weighted by Crippen LogP contribution is -2.39. The maximum absolute atomic E-state index is 12.1. The Labute approximate surface area is 120 Å². The summed E-state index contributed by atoms with van der Waals surface area (Å²) in [6.07, 6.45) is 3.84. The van der Waals surface area contributed by atoms with Gasteiger partial charge in [0.2, 0.25) is 6.54 Å². The van der Waals surface area contributed by atoms with Crippen LogP contribution in [0.4, 0.5) is 5.69 Å². The van der Waals surface area contributed by atoms with Crippen LogP contribution in [0.25, 0.3) is 0 Å². The van der Waals surface area contributed by atoms with Crippen molar-refractivity contribution in [3.8, 4) is 0 Å². The Balaban J connectivity index is 2.10. The van der Waals surface area contributed by atoms with Crippen molar-refractivity contribution >= 4 is 11.6 Å². The Morgan fingerprint density at radius 3 is 2.10 bits per heavy atom. The number of benzene rings is 1. The largest absolute Gasteiger partial charge is 0.320 e. The summed E-state index contributed by atoms with van der Waals surface area (Å²) in [5.74, 6) is -0.00564. The average molecular weight is 269 g/mol. The molecule has 0 fully saturated rings. The number of anilines is 1. The summed E-state index contributed by atoms with van der Waals surface area (Å²) in [7, 11) is 0. The molecule has 2 aromatic rings. The molecule has 1 amide bonds. The summed E-state index contributed by atoms with van der Waals surface area (Å²) in [6, 6.07) is 8.16. The number of carbonyl (C=O) groups is 1. The summed E-state index contributed by atoms with van der Waals surface area (Å²) in [5, 5.41) is 3.01. The zero-order chi connectivity index (χ0) is 14.7. The van der Waals surface area contributed by atoms with Gasteiger partial charge in [0.25, 0.3) is 5.91 Å². The van der Waals surface area contributed by atoms with Gasteiger partial charge in [0, 0.05) is 17.8 Å². The van der Waals surface area contributed by atoms with E-state index in [-0.39, 0.29) is 5.91 Å². The van der Waals surface area contributed by atoms with Crippen LogP contribution in [-0.2, 0) is 11.3 Å². The fraction of sp³-hybridized carbons (Fsp3) is 0.294. The number of nitrogens with one attached hydrogen (secondary N) is 1. The molecule has 1 aromatic heterocycles. The highest BCUT2D eigenvalue weighted by Crippen LogP contribution is 2.21. The molecule has 2 rings (SSSR count). The molecule has 0 radical (unpaired) electrons. The maximum atomic E-state index is 12.1. The molecule has 1 heterocycles. The molecule has 0 aliphatic carbocycles. The zero-order valence-corrected chi connectivity index (χ0v) is 12.5. The van der Waals surface area contributed by atoms with E-state index in [1.165, 1.54) is 11.1 Å². The Bertz CT molecular complexity index is 607. The van der Waals surface area contributed by atoms with Crippen LogP contribution in [-0.4, -0.2) is 5.91 Å². The third-order valence-corrected chi connectivity index (χ3v) is 3.33. The number of amides is 1. The highest BCUT2D eigenvalue weighted by atomic mass is 16.1. The standard InChI is InChI=1S/C17H20N2O/c1-12-5-7-19(8-6-12)11-16(20)18-17-14(3)9-13(2)10-15(17)4/h5-10H,11H2,1-4H3/p+1. The number of hydrogen-bond acceptors (Lipinski definition) is 1. The van der Waals surface area contributed by atoms with Crippen molar-refractivity contribution in [2.45, 2.75) is 34.2 Å². The first-order valence-electron chi connectivity index (χ1n) is 6.79. The van der Waals surface area contributed by atoms with E-state index in [2.05, 4.69) is 24.4 Å². The number of rotatable bonds is 3. The van der Waals surface area contributed by atoms with Crippen LogP contribution < -0.4 is 9.88 Å². The molecule has 0 saturated carbocycles. The fourth-order valence-electron chi connectivity index (χ4n) is 2.36. The average Bonchev–Trinajstić information content (AvgIpc) is 2.36. The van der Waals surface area contributed by atoms with Crippen molar-refractivity contribution in [3.05, 3.63) is 58.9 Å². The lowest BCUT2D eigenvalue weighted by Gasteiger charge is -2.11. The Morgan fingerprint density at radius 1 is 1.00 bits per heavy atom. The Morgan fingerprint density at radius 2 is 1.55 bits per heavy atom. The van der Waals surface area contributed by atoms with Gasteiger partial charge in [-0.25, -0.2) is 0 Å². The Hall–Kier alpha value is -2.16. The van der Waals surface area contributed by atoms with Crippen LogP contribution in [0.5, 0.6) is 0 Å². The molecule has 1 aromatic carbocycles. The first-order valence-corrected chi connectivity index (χ1v) is 6.79. The predicted molar refractivity (Wildman–Crippen MR) is 80.7 cm³/mol. The molecule has 0 aliphatic heterocycles. The smallest absolute Gasteiger partial charge is 0.290 e. The minimum atomic E-state index is -0.00564. The Kier molecular flexibility index (Phi) is 4.18. The van der Waals surface area contributed by atoms with E-state index in [9.17, 15) is 4.79 Å². The number of aromatic nitrogens is 1. The molecule has 0 bridgehead atoms. The van der Waals surface area contributed by atoms with Crippen molar-refractivity contribution in [1.29, 1.82) is 0 Å². The first kappa shape index (κ1) is 14.3. The minimum Gasteiger partial charge on any atom is -0.320 e. The van der Waals surface area contributed by atoms with Crippen LogP contribution in [0.2, 0.25) is 0 Å². The van der Waals surface area contributed by atoms with Gasteiger partial charge in [-0.15, -0.1) is 0 Å². The molecular formula is C17H21N2O+. The molecule has 3 heteroatoms. The van der Waals surface area contributed by atoms with Gasteiger partial charge < -0.3 is 5.32 Å². The molecule has 0 atom stereocenters. The van der Waals surface area contributed by atoms with Crippen molar-refractivity contribution in [3.63, 3.8) is 0 Å². The van der Waals surface area contributed by atoms with Crippen LogP contribution in [0.15, 0.2) is 36.7 Å². The van der Waals surface area contributed by atoms with E-state index >= 15 is 0 Å². The van der Waals surface area contributed by atoms with Crippen molar-refractivity contribution in [2.75, 3.05) is 5.32 Å². The molecule has 104 valence electrons. The van der Waals surface area contributed by atoms with E-state index in [1.54, 1.807) is 0 Å². The van der Waals surface area contributed by atoms with E-state index in [1.807, 2.05) is 49.9 Å². The second-order valence-corrected chi connectivity index (χ2v) is 5.37. The van der Waals surface area contributed by atoms with E-state index in [0.29, 0.717) is 6.54 Å². The summed E-state index contributed by atoms with van der Waals surface area (Å²) >= 11 is 0. The third kappa shape index (κ3) is 3.44. The van der Waals surface area contributed by atoms with Crippen molar-refractivity contribution < 1.29 is 9.36 Å². The number of aryl methyl sites for hydroxylation is 4. The highest BCUT2D eigenvalue weighted by Gasteiger charge is 2.12. The second kappa shape index (κ2) is 5.87. The van der Waals surface area contributed by atoms with E-state index < -0.39 is 0 Å². The normalized spacial score (nSPS) is 10.4. The lowest BCUT2D eigenvalue weighted by molar-refractivity contribution is -0.684. The maximum Gasteiger partial charge on any atom is 0.290 e. The quantitative estimate of drug-likeness (QED) is 0.854. The predicted octanol–water partition coefficient (Wildman–Crippen LogP) is 2.85. The van der Waals surface area contributed by atoms with Gasteiger partial charge in [-0.05, 0) is 44.4 Å². The molecule has 3 nitrogen and oxygen atoms in total. The summed E-state index contributed by atoms with van der Waals surface area (Å²) < 4.78 is 1.88. The monoisotopic (exact) mass is 269 g/mol. The van der Waals surface area contributed by atoms with Crippen LogP contribution in [0.1, 0.15) is 22.3 Å². The molecule has 0 aliphatic rings. The second-order valence-electron chi connectivity index (χ2n) is 5.37. The number of carbonyl (C=O) groups excluding carboxylic acids is 1. The molecule has 0 unspecified atom stereocenters. The van der Waals surface area contributed by atoms with Crippen LogP contribution in [0, 0.1) is 27.7 Å². The van der Waals surface area contributed by atoms with Gasteiger partial charge in [-0.2, -0.15) is 4.57 Å². The number of hydrogen-bond donors (Lipinski definition) is 1. The lowest BCUT2D eigenvalue weighted by atomic mass is 10.1. The first-order chi connectivity index (χ1) is 9.45. The third-order valence-electron chi connectivity index (χ3n) is 3.33. The van der Waals surface area contributed by atoms with Gasteiger partial charge in [0.05, 0.1) is 0 Å². The van der Waals surface area contributed by atoms with Crippen molar-refractivity contribution in [2.24, 2.45) is 0 Å². The molecule has 0 spiro atoms.